The van der Waals surface area contributed by atoms with Gasteiger partial charge in [-0.3, -0.25) is 9.59 Å². The molecule has 8 heteroatoms. The number of H-pyrrole nitrogens is 1. The zero-order valence-corrected chi connectivity index (χ0v) is 25.2. The zero-order valence-electron chi connectivity index (χ0n) is 24.3. The first-order valence-corrected chi connectivity index (χ1v) is 15.2. The van der Waals surface area contributed by atoms with Crippen molar-refractivity contribution >= 4 is 17.2 Å². The van der Waals surface area contributed by atoms with E-state index in [0.29, 0.717) is 35.9 Å². The molecule has 1 atom stereocenters. The van der Waals surface area contributed by atoms with Crippen LogP contribution in [-0.2, 0) is 13.0 Å². The van der Waals surface area contributed by atoms with Crippen molar-refractivity contribution in [1.82, 2.24) is 14.8 Å². The molecule has 1 unspecified atom stereocenters. The average Bonchev–Trinajstić information content (AvgIpc) is 3.56. The van der Waals surface area contributed by atoms with Crippen LogP contribution in [0.2, 0.25) is 0 Å². The summed E-state index contributed by atoms with van der Waals surface area (Å²) in [5.74, 6) is 0.923. The van der Waals surface area contributed by atoms with Gasteiger partial charge in [0.15, 0.2) is 11.5 Å². The molecule has 2 aromatic heterocycles. The van der Waals surface area contributed by atoms with E-state index in [4.69, 9.17) is 9.47 Å². The van der Waals surface area contributed by atoms with Crippen LogP contribution in [0.1, 0.15) is 70.9 Å². The lowest BCUT2D eigenvalue weighted by molar-refractivity contribution is -0.123. The number of nitrogens with zero attached hydrogens (tertiary/aromatic N) is 2. The van der Waals surface area contributed by atoms with Gasteiger partial charge < -0.3 is 24.3 Å². The fourth-order valence-corrected chi connectivity index (χ4v) is 7.76. The van der Waals surface area contributed by atoms with Gasteiger partial charge in [-0.05, 0) is 95.6 Å². The number of pyridine rings is 1. The van der Waals surface area contributed by atoms with Crippen LogP contribution in [-0.4, -0.2) is 53.2 Å². The highest BCUT2D eigenvalue weighted by molar-refractivity contribution is 7.13. The van der Waals surface area contributed by atoms with Crippen LogP contribution in [0.3, 0.4) is 0 Å². The summed E-state index contributed by atoms with van der Waals surface area (Å²) in [7, 11) is 4.31. The molecule has 40 heavy (non-hydrogen) atoms. The second-order valence-corrected chi connectivity index (χ2v) is 13.0. The molecular formula is C32H39N3O4S. The molecule has 212 valence electrons. The molecule has 0 bridgehead atoms. The van der Waals surface area contributed by atoms with Crippen LogP contribution in [0.15, 0.2) is 28.4 Å². The van der Waals surface area contributed by atoms with Crippen molar-refractivity contribution in [2.24, 2.45) is 5.92 Å². The van der Waals surface area contributed by atoms with Gasteiger partial charge in [-0.15, -0.1) is 11.3 Å². The Morgan fingerprint density at radius 2 is 1.80 bits per heavy atom. The molecule has 1 aliphatic carbocycles. The summed E-state index contributed by atoms with van der Waals surface area (Å²) in [4.78, 5) is 35.0. The molecule has 3 aliphatic rings. The van der Waals surface area contributed by atoms with Crippen LogP contribution in [0.5, 0.6) is 11.5 Å². The summed E-state index contributed by atoms with van der Waals surface area (Å²) in [5.41, 5.74) is 5.79. The van der Waals surface area contributed by atoms with E-state index in [2.05, 4.69) is 42.3 Å². The first-order valence-electron chi connectivity index (χ1n) is 14.3. The lowest BCUT2D eigenvalue weighted by Crippen LogP contribution is -2.46. The number of thiophene rings is 1. The molecular weight excluding hydrogens is 522 g/mol. The number of aromatic amines is 1. The Kier molecular flexibility index (Phi) is 6.82. The van der Waals surface area contributed by atoms with E-state index in [0.717, 1.165) is 64.3 Å². The van der Waals surface area contributed by atoms with Crippen molar-refractivity contribution in [3.05, 3.63) is 67.4 Å². The van der Waals surface area contributed by atoms with Gasteiger partial charge >= 0.3 is 0 Å². The fourth-order valence-electron chi connectivity index (χ4n) is 6.96. The van der Waals surface area contributed by atoms with Gasteiger partial charge in [-0.25, -0.2) is 0 Å². The van der Waals surface area contributed by atoms with E-state index in [1.807, 2.05) is 37.8 Å². The fraction of sp³-hybridized carbons (Fsp3) is 0.500. The summed E-state index contributed by atoms with van der Waals surface area (Å²) in [6, 6.07) is 6.69. The highest BCUT2D eigenvalue weighted by Gasteiger charge is 2.49. The maximum absolute atomic E-state index is 14.1. The monoisotopic (exact) mass is 561 g/mol. The van der Waals surface area contributed by atoms with Gasteiger partial charge in [-0.1, -0.05) is 6.07 Å². The van der Waals surface area contributed by atoms with Crippen molar-refractivity contribution < 1.29 is 14.3 Å². The highest BCUT2D eigenvalue weighted by Crippen LogP contribution is 2.55. The van der Waals surface area contributed by atoms with Crippen molar-refractivity contribution in [1.29, 1.82) is 0 Å². The molecule has 0 saturated heterocycles. The molecule has 3 aromatic rings. The number of nitrogens with one attached hydrogen (secondary N) is 1. The second kappa shape index (κ2) is 10.1. The maximum Gasteiger partial charge on any atom is 0.254 e. The van der Waals surface area contributed by atoms with E-state index in [1.165, 1.54) is 0 Å². The number of amides is 1. The first-order chi connectivity index (χ1) is 19.1. The summed E-state index contributed by atoms with van der Waals surface area (Å²) in [6.07, 6.45) is 5.01. The van der Waals surface area contributed by atoms with Gasteiger partial charge in [0.1, 0.15) is 0 Å². The summed E-state index contributed by atoms with van der Waals surface area (Å²) in [5, 5.41) is 2.06. The van der Waals surface area contributed by atoms with E-state index < -0.39 is 5.79 Å². The van der Waals surface area contributed by atoms with Crippen LogP contribution < -0.4 is 15.0 Å². The molecule has 0 spiro atoms. The van der Waals surface area contributed by atoms with Gasteiger partial charge in [-0.2, -0.15) is 0 Å². The Hall–Kier alpha value is -3.10. The number of carbonyl (C=O) groups is 1. The van der Waals surface area contributed by atoms with Crippen molar-refractivity contribution in [3.8, 4) is 21.9 Å². The normalized spacial score (nSPS) is 24.1. The zero-order chi connectivity index (χ0) is 28.3. The first kappa shape index (κ1) is 27.1. The van der Waals surface area contributed by atoms with E-state index in [-0.39, 0.29) is 23.9 Å². The number of aryl methyl sites for hydroxylation is 2. The van der Waals surface area contributed by atoms with Crippen LogP contribution in [0, 0.1) is 26.7 Å². The highest BCUT2D eigenvalue weighted by atomic mass is 32.1. The third-order valence-corrected chi connectivity index (χ3v) is 10.2. The topological polar surface area (TPSA) is 74.9 Å². The predicted octanol–water partition coefficient (Wildman–Crippen LogP) is 5.83. The number of fused-ring (bicyclic) bond motifs is 2. The summed E-state index contributed by atoms with van der Waals surface area (Å²) in [6.45, 7) is 8.70. The van der Waals surface area contributed by atoms with E-state index in [9.17, 15) is 9.59 Å². The lowest BCUT2D eigenvalue weighted by atomic mass is 9.81. The third-order valence-electron chi connectivity index (χ3n) is 9.27. The van der Waals surface area contributed by atoms with Crippen LogP contribution >= 0.6 is 11.3 Å². The standard InChI is InChI=1S/C32H39N3O4S/c1-18-16-19(2)33-30(36)24(18)17-35-14-13-23-26(31(35)37)20(3)28-29(27(23)25-8-7-15-40-25)39-32(4,38-28)21-9-11-22(12-10-21)34(5)6/h7-8,15-16,21-22H,9-14,17H2,1-6H3,(H,33,36). The van der Waals surface area contributed by atoms with Gasteiger partial charge in [0.25, 0.3) is 17.3 Å². The molecule has 1 fully saturated rings. The lowest BCUT2D eigenvalue weighted by Gasteiger charge is -2.39. The van der Waals surface area contributed by atoms with Gasteiger partial charge in [0, 0.05) is 52.7 Å². The van der Waals surface area contributed by atoms with E-state index in [1.54, 1.807) is 11.3 Å². The molecule has 1 saturated carbocycles. The van der Waals surface area contributed by atoms with Crippen molar-refractivity contribution in [2.75, 3.05) is 20.6 Å². The van der Waals surface area contributed by atoms with Crippen LogP contribution in [0.4, 0.5) is 0 Å². The number of aromatic nitrogens is 1. The number of ether oxygens (including phenoxy) is 2. The number of carbonyl (C=O) groups excluding carboxylic acids is 1. The van der Waals surface area contributed by atoms with Gasteiger partial charge in [0.05, 0.1) is 12.1 Å². The minimum absolute atomic E-state index is 0.0533. The number of hydrogen-bond acceptors (Lipinski definition) is 6. The SMILES string of the molecule is Cc1cc(C)c(CN2CCc3c(c(C)c4c(c3-c3cccs3)OC(C)(C3CCC(N(C)C)CC3)O4)C2=O)c(=O)[nH]1. The predicted molar refractivity (Wildman–Crippen MR) is 159 cm³/mol. The second-order valence-electron chi connectivity index (χ2n) is 12.1. The molecule has 4 heterocycles. The number of rotatable bonds is 5. The summed E-state index contributed by atoms with van der Waals surface area (Å²) >= 11 is 1.66. The van der Waals surface area contributed by atoms with Crippen LogP contribution in [0.25, 0.3) is 10.4 Å². The van der Waals surface area contributed by atoms with Gasteiger partial charge in [0.2, 0.25) is 0 Å². The Morgan fingerprint density at radius 3 is 2.45 bits per heavy atom. The third kappa shape index (κ3) is 4.45. The Balaban J connectivity index is 1.38. The minimum atomic E-state index is -0.768. The molecule has 7 nitrogen and oxygen atoms in total. The molecule has 0 radical (unpaired) electrons. The smallest absolute Gasteiger partial charge is 0.254 e. The average molecular weight is 562 g/mol. The van der Waals surface area contributed by atoms with E-state index >= 15 is 0 Å². The molecule has 1 aromatic carbocycles. The summed E-state index contributed by atoms with van der Waals surface area (Å²) < 4.78 is 13.6. The Labute approximate surface area is 240 Å². The molecule has 1 amide bonds. The largest absolute Gasteiger partial charge is 0.448 e. The van der Waals surface area contributed by atoms with Crippen molar-refractivity contribution in [2.45, 2.75) is 78.2 Å². The number of benzene rings is 1. The molecule has 1 N–H and O–H groups in total. The minimum Gasteiger partial charge on any atom is -0.448 e. The molecule has 6 rings (SSSR count). The Bertz CT molecular complexity index is 1520. The number of hydrogen-bond donors (Lipinski definition) is 1. The maximum atomic E-state index is 14.1. The Morgan fingerprint density at radius 1 is 1.07 bits per heavy atom. The van der Waals surface area contributed by atoms with Crippen molar-refractivity contribution in [3.63, 3.8) is 0 Å². The molecule has 2 aliphatic heterocycles. The quantitative estimate of drug-likeness (QED) is 0.424.